The van der Waals surface area contributed by atoms with Crippen LogP contribution < -0.4 is 15.0 Å². The number of hydrogen-bond donors (Lipinski definition) is 2. The zero-order chi connectivity index (χ0) is 38.1. The van der Waals surface area contributed by atoms with Crippen LogP contribution in [0.15, 0.2) is 91.1 Å². The molecule has 4 aliphatic rings. The molecule has 2 amide bonds. The van der Waals surface area contributed by atoms with Crippen LogP contribution in [0.5, 0.6) is 11.5 Å². The monoisotopic (exact) mass is 746 g/mol. The van der Waals surface area contributed by atoms with E-state index in [4.69, 9.17) is 4.74 Å². The Morgan fingerprint density at radius 2 is 1.62 bits per heavy atom. The van der Waals surface area contributed by atoms with E-state index in [1.54, 1.807) is 23.1 Å². The highest BCUT2D eigenvalue weighted by molar-refractivity contribution is 6.01. The standard InChI is InChI=1S/C45H48F2N4O4/c1-29-5-18-42(44(53)48-29)51-28-32-25-34(10-16-38(32)45(51)54)50-22-20-49(21-23-50)19-3-2-4-24-55-36-12-6-30(7-13-36)43-37-17-11-35(52)26-31(37)8-14-40(43)39-15-9-33(46)27-41(39)47/h6-7,9-13,15-17,25-27,40,42-43,52H,1-5,8,14,18-24,28H2,(H,48,53)/t40-,42?,43-/m1/s1. The van der Waals surface area contributed by atoms with Gasteiger partial charge in [-0.25, -0.2) is 8.78 Å². The largest absolute Gasteiger partial charge is 0.508 e. The van der Waals surface area contributed by atoms with E-state index in [-0.39, 0.29) is 29.4 Å². The van der Waals surface area contributed by atoms with Crippen LogP contribution in [0.3, 0.4) is 0 Å². The lowest BCUT2D eigenvalue weighted by molar-refractivity contribution is -0.126. The minimum atomic E-state index is -0.583. The van der Waals surface area contributed by atoms with Gasteiger partial charge in [-0.3, -0.25) is 14.5 Å². The number of aromatic hydroxyl groups is 1. The molecule has 286 valence electrons. The fraction of sp³-hybridized carbons (Fsp3) is 0.378. The predicted molar refractivity (Wildman–Crippen MR) is 208 cm³/mol. The molecule has 1 unspecified atom stereocenters. The number of fused-ring (bicyclic) bond motifs is 2. The molecule has 1 aliphatic carbocycles. The van der Waals surface area contributed by atoms with Crippen LogP contribution in [0.2, 0.25) is 0 Å². The molecule has 0 spiro atoms. The lowest BCUT2D eigenvalue weighted by atomic mass is 9.69. The van der Waals surface area contributed by atoms with Gasteiger partial charge in [0.2, 0.25) is 5.91 Å². The first kappa shape index (κ1) is 36.7. The van der Waals surface area contributed by atoms with Crippen molar-refractivity contribution in [2.45, 2.75) is 69.4 Å². The molecule has 0 aromatic heterocycles. The molecule has 3 heterocycles. The summed E-state index contributed by atoms with van der Waals surface area (Å²) in [6.07, 6.45) is 5.81. The molecule has 2 fully saturated rings. The van der Waals surface area contributed by atoms with Gasteiger partial charge in [-0.05, 0) is 134 Å². The quantitative estimate of drug-likeness (QED) is 0.154. The van der Waals surface area contributed by atoms with Crippen molar-refractivity contribution in [3.63, 3.8) is 0 Å². The van der Waals surface area contributed by atoms with Gasteiger partial charge >= 0.3 is 0 Å². The molecule has 4 aromatic carbocycles. The fourth-order valence-corrected chi connectivity index (χ4v) is 9.00. The SMILES string of the molecule is C=C1CCC(N2Cc3cc(N4CCN(CCCCCOc5ccc([C@@H]6c7ccc(O)cc7CC[C@@H]6c6ccc(F)cc6F)cc5)CC4)ccc3C2=O)C(=O)N1. The molecule has 8 nitrogen and oxygen atoms in total. The Balaban J connectivity index is 0.785. The molecule has 55 heavy (non-hydrogen) atoms. The molecule has 10 heteroatoms. The molecular formula is C45H48F2N4O4. The molecule has 3 aliphatic heterocycles. The smallest absolute Gasteiger partial charge is 0.255 e. The zero-order valence-corrected chi connectivity index (χ0v) is 31.1. The number of amides is 2. The summed E-state index contributed by atoms with van der Waals surface area (Å²) in [4.78, 5) is 32.3. The van der Waals surface area contributed by atoms with E-state index in [9.17, 15) is 19.1 Å². The molecule has 8 rings (SSSR count). The summed E-state index contributed by atoms with van der Waals surface area (Å²) in [5, 5.41) is 12.9. The van der Waals surface area contributed by atoms with E-state index in [0.717, 1.165) is 91.7 Å². The first-order valence-corrected chi connectivity index (χ1v) is 19.6. The van der Waals surface area contributed by atoms with E-state index < -0.39 is 17.7 Å². The highest BCUT2D eigenvalue weighted by atomic mass is 19.1. The van der Waals surface area contributed by atoms with Crippen molar-refractivity contribution in [1.82, 2.24) is 15.1 Å². The molecule has 0 radical (unpaired) electrons. The molecule has 2 N–H and O–H groups in total. The second-order valence-electron chi connectivity index (χ2n) is 15.4. The number of carbonyl (C=O) groups excluding carboxylic acids is 2. The molecule has 4 aromatic rings. The van der Waals surface area contributed by atoms with Crippen molar-refractivity contribution in [2.75, 3.05) is 44.2 Å². The summed E-state index contributed by atoms with van der Waals surface area (Å²) < 4.78 is 34.9. The van der Waals surface area contributed by atoms with Crippen molar-refractivity contribution >= 4 is 17.5 Å². The van der Waals surface area contributed by atoms with Crippen molar-refractivity contribution in [3.8, 4) is 11.5 Å². The summed E-state index contributed by atoms with van der Waals surface area (Å²) in [5.74, 6) is -0.604. The number of aryl methyl sites for hydroxylation is 1. The number of piperidine rings is 1. The van der Waals surface area contributed by atoms with Crippen molar-refractivity contribution in [2.24, 2.45) is 0 Å². The van der Waals surface area contributed by atoms with E-state index in [1.807, 2.05) is 42.5 Å². The van der Waals surface area contributed by atoms with Crippen LogP contribution in [0.4, 0.5) is 14.5 Å². The van der Waals surface area contributed by atoms with E-state index in [0.29, 0.717) is 55.7 Å². The predicted octanol–water partition coefficient (Wildman–Crippen LogP) is 7.65. The van der Waals surface area contributed by atoms with E-state index >= 15 is 4.39 Å². The number of allylic oxidation sites excluding steroid dienone is 1. The number of nitrogens with zero attached hydrogens (tertiary/aromatic N) is 3. The Morgan fingerprint density at radius 1 is 0.818 bits per heavy atom. The van der Waals surface area contributed by atoms with E-state index in [2.05, 4.69) is 27.8 Å². The van der Waals surface area contributed by atoms with Gasteiger partial charge in [0.25, 0.3) is 5.91 Å². The minimum Gasteiger partial charge on any atom is -0.508 e. The zero-order valence-electron chi connectivity index (χ0n) is 31.1. The highest BCUT2D eigenvalue weighted by Gasteiger charge is 2.38. The minimum absolute atomic E-state index is 0.0666. The van der Waals surface area contributed by atoms with Crippen LogP contribution >= 0.6 is 0 Å². The third-order valence-corrected chi connectivity index (χ3v) is 11.9. The lowest BCUT2D eigenvalue weighted by Gasteiger charge is -2.36. The molecule has 3 atom stereocenters. The van der Waals surface area contributed by atoms with Crippen LogP contribution in [0, 0.1) is 11.6 Å². The number of phenols is 1. The molecule has 0 saturated carbocycles. The summed E-state index contributed by atoms with van der Waals surface area (Å²) in [5.41, 5.74) is 7.18. The third-order valence-electron chi connectivity index (χ3n) is 11.9. The Kier molecular flexibility index (Phi) is 10.6. The second kappa shape index (κ2) is 15.9. The Hall–Kier alpha value is -5.22. The average Bonchev–Trinajstić information content (AvgIpc) is 3.51. The van der Waals surface area contributed by atoms with Crippen LogP contribution in [-0.2, 0) is 17.8 Å². The summed E-state index contributed by atoms with van der Waals surface area (Å²) >= 11 is 0. The molecular weight excluding hydrogens is 699 g/mol. The van der Waals surface area contributed by atoms with Gasteiger partial charge in [0.15, 0.2) is 0 Å². The normalized spacial score (nSPS) is 21.3. The van der Waals surface area contributed by atoms with Crippen molar-refractivity contribution in [1.29, 1.82) is 0 Å². The average molecular weight is 747 g/mol. The van der Waals surface area contributed by atoms with Gasteiger partial charge in [-0.15, -0.1) is 0 Å². The van der Waals surface area contributed by atoms with Gasteiger partial charge in [0, 0.05) is 61.7 Å². The Bertz CT molecular complexity index is 2080. The number of unbranched alkanes of at least 4 members (excludes halogenated alkanes) is 2. The van der Waals surface area contributed by atoms with Crippen molar-refractivity contribution < 1.29 is 28.2 Å². The Labute approximate surface area is 321 Å². The summed E-state index contributed by atoms with van der Waals surface area (Å²) in [6.45, 7) is 9.81. The van der Waals surface area contributed by atoms with Gasteiger partial charge in [0.1, 0.15) is 29.2 Å². The van der Waals surface area contributed by atoms with Gasteiger partial charge in [0.05, 0.1) is 6.61 Å². The molecule has 0 bridgehead atoms. The number of ether oxygens (including phenoxy) is 1. The van der Waals surface area contributed by atoms with Crippen molar-refractivity contribution in [3.05, 3.63) is 136 Å². The number of carbonyl (C=O) groups is 2. The lowest BCUT2D eigenvalue weighted by Crippen LogP contribution is -2.49. The third kappa shape index (κ3) is 7.83. The van der Waals surface area contributed by atoms with Gasteiger partial charge in [-0.1, -0.05) is 30.8 Å². The number of piperazine rings is 1. The van der Waals surface area contributed by atoms with Crippen LogP contribution in [0.25, 0.3) is 0 Å². The number of halogens is 2. The number of anilines is 1. The van der Waals surface area contributed by atoms with Gasteiger partial charge in [-0.2, -0.15) is 0 Å². The molecule has 2 saturated heterocycles. The van der Waals surface area contributed by atoms with Gasteiger partial charge < -0.3 is 25.0 Å². The Morgan fingerprint density at radius 3 is 2.40 bits per heavy atom. The first-order valence-electron chi connectivity index (χ1n) is 19.6. The number of benzene rings is 4. The first-order chi connectivity index (χ1) is 26.7. The number of rotatable bonds is 11. The fourth-order valence-electron chi connectivity index (χ4n) is 9.00. The summed E-state index contributed by atoms with van der Waals surface area (Å²) in [6, 6.07) is 22.9. The highest BCUT2D eigenvalue weighted by Crippen LogP contribution is 2.48. The maximum absolute atomic E-state index is 15.0. The number of phenolic OH excluding ortho intramolecular Hbond substituents is 1. The van der Waals surface area contributed by atoms with Crippen LogP contribution in [0.1, 0.15) is 88.5 Å². The topological polar surface area (TPSA) is 85.4 Å². The number of hydrogen-bond acceptors (Lipinski definition) is 6. The van der Waals surface area contributed by atoms with Crippen LogP contribution in [-0.4, -0.2) is 72.1 Å². The second-order valence-corrected chi connectivity index (χ2v) is 15.4. The van der Waals surface area contributed by atoms with E-state index in [1.165, 1.54) is 6.07 Å². The number of nitrogens with one attached hydrogen (secondary N) is 1. The summed E-state index contributed by atoms with van der Waals surface area (Å²) in [7, 11) is 0. The maximum atomic E-state index is 15.0. The maximum Gasteiger partial charge on any atom is 0.255 e.